The third kappa shape index (κ3) is 9.26. The van der Waals surface area contributed by atoms with Crippen molar-refractivity contribution >= 4 is 55.1 Å². The zero-order valence-electron chi connectivity index (χ0n) is 35.9. The number of allylic oxidation sites excluding steroid dienone is 2. The molecule has 5 aromatic rings. The summed E-state index contributed by atoms with van der Waals surface area (Å²) < 4.78 is 37.2. The Kier molecular flexibility index (Phi) is 12.2. The van der Waals surface area contributed by atoms with Crippen LogP contribution in [0.25, 0.3) is 27.8 Å². The molecule has 1 amide bonds. The van der Waals surface area contributed by atoms with Crippen molar-refractivity contribution in [2.45, 2.75) is 63.9 Å². The molecule has 0 spiro atoms. The van der Waals surface area contributed by atoms with Crippen LogP contribution in [-0.4, -0.2) is 121 Å². The summed E-state index contributed by atoms with van der Waals surface area (Å²) in [5.74, 6) is -0.913. The standard InChI is InChI=1S/C45H56N10O6S/c1-6-7-30(2)37-25-45(3,4)14-12-32(37)28-52-16-18-53(19-17-52)33-8-10-36(40(23-33)54-41-22-31-13-15-46-43(31)49-39(41)27-48-54)44(56)50-62(59,60)35-9-11-38(42(24-35)55(57)58)47-26-34-29-51(5)20-21-61-34/h8-11,13,15,22-24,27,34,47H,2,6-7,12,14,16-21,25-26,28-29H2,1,3-5H3,(H,46,49)(H,50,56). The first-order valence-corrected chi connectivity index (χ1v) is 22.9. The normalized spacial score (nSPS) is 19.0. The minimum absolute atomic E-state index is 0.0485. The van der Waals surface area contributed by atoms with Gasteiger partial charge in [0.1, 0.15) is 16.9 Å². The smallest absolute Gasteiger partial charge is 0.293 e. The molecule has 3 aromatic heterocycles. The molecule has 3 aliphatic rings. The average Bonchev–Trinajstić information content (AvgIpc) is 3.89. The summed E-state index contributed by atoms with van der Waals surface area (Å²) >= 11 is 0. The Morgan fingerprint density at radius 2 is 1.90 bits per heavy atom. The maximum atomic E-state index is 14.2. The van der Waals surface area contributed by atoms with Gasteiger partial charge < -0.3 is 24.8 Å². The Bertz CT molecular complexity index is 2660. The fraction of sp³-hybridized carbons (Fsp3) is 0.444. The molecule has 2 fully saturated rings. The number of nitrogens with zero attached hydrogens (tertiary/aromatic N) is 7. The van der Waals surface area contributed by atoms with E-state index in [-0.39, 0.29) is 22.8 Å². The molecule has 1 atom stereocenters. The van der Waals surface area contributed by atoms with E-state index in [2.05, 4.69) is 62.2 Å². The first-order valence-electron chi connectivity index (χ1n) is 21.4. The van der Waals surface area contributed by atoms with Crippen molar-refractivity contribution in [3.05, 3.63) is 99.9 Å². The molecule has 2 aliphatic heterocycles. The first kappa shape index (κ1) is 43.0. The lowest BCUT2D eigenvalue weighted by molar-refractivity contribution is -0.384. The van der Waals surface area contributed by atoms with Gasteiger partial charge in [0.15, 0.2) is 0 Å². The molecule has 0 bridgehead atoms. The number of aromatic amines is 1. The van der Waals surface area contributed by atoms with Gasteiger partial charge in [-0.2, -0.15) is 5.10 Å². The molecule has 2 saturated heterocycles. The number of carbonyl (C=O) groups is 1. The van der Waals surface area contributed by atoms with E-state index in [0.29, 0.717) is 42.1 Å². The summed E-state index contributed by atoms with van der Waals surface area (Å²) in [6.07, 6.45) is 8.63. The van der Waals surface area contributed by atoms with Crippen LogP contribution in [0.1, 0.15) is 63.2 Å². The van der Waals surface area contributed by atoms with E-state index in [1.54, 1.807) is 23.1 Å². The van der Waals surface area contributed by atoms with Gasteiger partial charge in [0.25, 0.3) is 21.6 Å². The molecule has 8 rings (SSSR count). The number of likely N-dealkylation sites (N-methyl/N-ethyl adjacent to an activating group) is 1. The van der Waals surface area contributed by atoms with Crippen molar-refractivity contribution in [2.24, 2.45) is 5.41 Å². The van der Waals surface area contributed by atoms with Crippen LogP contribution in [0.4, 0.5) is 17.1 Å². The van der Waals surface area contributed by atoms with Gasteiger partial charge in [-0.25, -0.2) is 22.8 Å². The number of hydrogen-bond acceptors (Lipinski definition) is 12. The molecule has 5 heterocycles. The topological polar surface area (TPSA) is 184 Å². The summed E-state index contributed by atoms with van der Waals surface area (Å²) in [7, 11) is -2.60. The highest BCUT2D eigenvalue weighted by Crippen LogP contribution is 2.42. The number of sulfonamides is 1. The molecule has 3 N–H and O–H groups in total. The predicted octanol–water partition coefficient (Wildman–Crippen LogP) is 6.66. The van der Waals surface area contributed by atoms with Gasteiger partial charge in [0.05, 0.1) is 45.5 Å². The Balaban J connectivity index is 1.05. The van der Waals surface area contributed by atoms with E-state index in [1.165, 1.54) is 35.3 Å². The Morgan fingerprint density at radius 3 is 2.66 bits per heavy atom. The van der Waals surface area contributed by atoms with Crippen molar-refractivity contribution in [3.8, 4) is 5.69 Å². The fourth-order valence-corrected chi connectivity index (χ4v) is 9.88. The van der Waals surface area contributed by atoms with Gasteiger partial charge in [-0.15, -0.1) is 0 Å². The minimum atomic E-state index is -4.58. The quantitative estimate of drug-likeness (QED) is 0.0799. The van der Waals surface area contributed by atoms with Crippen LogP contribution in [-0.2, 0) is 14.8 Å². The van der Waals surface area contributed by atoms with E-state index in [4.69, 9.17) is 9.72 Å². The number of anilines is 2. The number of morpholine rings is 1. The molecule has 62 heavy (non-hydrogen) atoms. The fourth-order valence-electron chi connectivity index (χ4n) is 8.90. The van der Waals surface area contributed by atoms with Gasteiger partial charge in [0.2, 0.25) is 0 Å². The highest BCUT2D eigenvalue weighted by Gasteiger charge is 2.31. The highest BCUT2D eigenvalue weighted by atomic mass is 32.2. The van der Waals surface area contributed by atoms with Crippen molar-refractivity contribution in [1.29, 1.82) is 0 Å². The summed E-state index contributed by atoms with van der Waals surface area (Å²) in [6.45, 7) is 17.8. The zero-order valence-corrected chi connectivity index (χ0v) is 36.8. The minimum Gasteiger partial charge on any atom is -0.377 e. The Hall–Kier alpha value is -5.62. The number of H-pyrrole nitrogens is 1. The SMILES string of the molecule is C=C(CCC)C1=C(CN2CCN(c3ccc(C(=O)NS(=O)(=O)c4ccc(NCC5CN(C)CCO5)c([N+](=O)[O-])c4)c(-n4ncc5nc6[nH]ccc6cc54)c3)CC2)CCC(C)(C)C1. The number of carbonyl (C=O) groups excluding carboxylic acids is 1. The first-order chi connectivity index (χ1) is 29.7. The van der Waals surface area contributed by atoms with E-state index in [9.17, 15) is 23.3 Å². The number of fused-ring (bicyclic) bond motifs is 2. The third-order valence-electron chi connectivity index (χ3n) is 12.4. The lowest BCUT2D eigenvalue weighted by Crippen LogP contribution is -2.47. The summed E-state index contributed by atoms with van der Waals surface area (Å²) in [5, 5.41) is 20.7. The molecule has 1 unspecified atom stereocenters. The van der Waals surface area contributed by atoms with Crippen LogP contribution >= 0.6 is 0 Å². The second-order valence-corrected chi connectivity index (χ2v) is 19.3. The van der Waals surface area contributed by atoms with Gasteiger partial charge in [0, 0.05) is 75.7 Å². The number of amides is 1. The monoisotopic (exact) mass is 864 g/mol. The van der Waals surface area contributed by atoms with Crippen molar-refractivity contribution in [2.75, 3.05) is 76.2 Å². The number of aromatic nitrogens is 4. The Morgan fingerprint density at radius 1 is 1.10 bits per heavy atom. The molecule has 2 aromatic carbocycles. The summed E-state index contributed by atoms with van der Waals surface area (Å²) in [5.41, 5.74) is 7.40. The third-order valence-corrected chi connectivity index (χ3v) is 13.7. The van der Waals surface area contributed by atoms with E-state index in [0.717, 1.165) is 82.1 Å². The highest BCUT2D eigenvalue weighted by molar-refractivity contribution is 7.90. The van der Waals surface area contributed by atoms with Crippen LogP contribution in [0.15, 0.2) is 89.1 Å². The number of nitro benzene ring substituents is 1. The maximum Gasteiger partial charge on any atom is 0.293 e. The molecule has 16 nitrogen and oxygen atoms in total. The van der Waals surface area contributed by atoms with Crippen molar-refractivity contribution < 1.29 is 22.9 Å². The number of hydrogen-bond donors (Lipinski definition) is 3. The van der Waals surface area contributed by atoms with Crippen LogP contribution in [0, 0.1) is 15.5 Å². The number of benzene rings is 2. The van der Waals surface area contributed by atoms with Crippen LogP contribution in [0.3, 0.4) is 0 Å². The predicted molar refractivity (Wildman–Crippen MR) is 242 cm³/mol. The zero-order chi connectivity index (χ0) is 43.8. The summed E-state index contributed by atoms with van der Waals surface area (Å²) in [6, 6.07) is 12.6. The van der Waals surface area contributed by atoms with Crippen LogP contribution < -0.4 is 14.9 Å². The van der Waals surface area contributed by atoms with Gasteiger partial charge in [-0.1, -0.05) is 44.9 Å². The van der Waals surface area contributed by atoms with Crippen molar-refractivity contribution in [3.63, 3.8) is 0 Å². The van der Waals surface area contributed by atoms with E-state index < -0.39 is 31.4 Å². The van der Waals surface area contributed by atoms with Gasteiger partial charge >= 0.3 is 0 Å². The molecule has 17 heteroatoms. The number of nitro groups is 1. The largest absolute Gasteiger partial charge is 0.377 e. The lowest BCUT2D eigenvalue weighted by Gasteiger charge is -2.39. The Labute approximate surface area is 362 Å². The maximum absolute atomic E-state index is 14.2. The van der Waals surface area contributed by atoms with Crippen LogP contribution in [0.5, 0.6) is 0 Å². The molecular weight excluding hydrogens is 809 g/mol. The molecular formula is C45H56N10O6S. The van der Waals surface area contributed by atoms with Crippen molar-refractivity contribution in [1.82, 2.24) is 34.3 Å². The number of ether oxygens (including phenoxy) is 1. The number of pyridine rings is 1. The van der Waals surface area contributed by atoms with Crippen LogP contribution in [0.2, 0.25) is 0 Å². The average molecular weight is 865 g/mol. The van der Waals surface area contributed by atoms with E-state index >= 15 is 0 Å². The van der Waals surface area contributed by atoms with Gasteiger partial charge in [-0.05, 0) is 86.2 Å². The second-order valence-electron chi connectivity index (χ2n) is 17.6. The number of nitrogens with one attached hydrogen (secondary N) is 3. The lowest BCUT2D eigenvalue weighted by atomic mass is 9.72. The molecule has 0 saturated carbocycles. The summed E-state index contributed by atoms with van der Waals surface area (Å²) in [4.78, 5) is 40.0. The van der Waals surface area contributed by atoms with Gasteiger partial charge in [-0.3, -0.25) is 19.8 Å². The van der Waals surface area contributed by atoms with E-state index in [1.807, 2.05) is 31.3 Å². The number of piperazine rings is 1. The molecule has 0 radical (unpaired) electrons. The second kappa shape index (κ2) is 17.6. The molecule has 328 valence electrons. The number of rotatable bonds is 14. The molecule has 1 aliphatic carbocycles.